The molecule has 4 aromatic rings. The highest BCUT2D eigenvalue weighted by Gasteiger charge is 2.17. The Morgan fingerprint density at radius 3 is 2.25 bits per heavy atom. The van der Waals surface area contributed by atoms with Crippen LogP contribution in [0.3, 0.4) is 0 Å². The SMILES string of the molecule is Cc1c(Cl)cccc1N=Nc1c(-c2ccccc2)[nH]n(-c2ccccc2)c1=O. The number of aromatic nitrogens is 2. The summed E-state index contributed by atoms with van der Waals surface area (Å²) in [5.41, 5.74) is 3.60. The maximum atomic E-state index is 13.1. The minimum Gasteiger partial charge on any atom is -0.288 e. The lowest BCUT2D eigenvalue weighted by Crippen LogP contribution is -2.13. The number of halogens is 1. The van der Waals surface area contributed by atoms with Crippen molar-refractivity contribution in [1.82, 2.24) is 9.78 Å². The summed E-state index contributed by atoms with van der Waals surface area (Å²) in [7, 11) is 0. The highest BCUT2D eigenvalue weighted by atomic mass is 35.5. The molecule has 0 saturated heterocycles. The molecule has 0 radical (unpaired) electrons. The average Bonchev–Trinajstić information content (AvgIpc) is 3.07. The first-order chi connectivity index (χ1) is 13.6. The summed E-state index contributed by atoms with van der Waals surface area (Å²) >= 11 is 6.16. The van der Waals surface area contributed by atoms with Crippen LogP contribution in [0.5, 0.6) is 0 Å². The van der Waals surface area contributed by atoms with E-state index in [2.05, 4.69) is 15.3 Å². The van der Waals surface area contributed by atoms with Crippen molar-refractivity contribution in [2.45, 2.75) is 6.92 Å². The number of H-pyrrole nitrogens is 1. The van der Waals surface area contributed by atoms with E-state index in [1.165, 1.54) is 4.68 Å². The zero-order valence-electron chi connectivity index (χ0n) is 15.1. The fourth-order valence-corrected chi connectivity index (χ4v) is 3.06. The van der Waals surface area contributed by atoms with Crippen LogP contribution < -0.4 is 5.56 Å². The zero-order chi connectivity index (χ0) is 19.5. The second-order valence-corrected chi connectivity index (χ2v) is 6.67. The molecule has 28 heavy (non-hydrogen) atoms. The lowest BCUT2D eigenvalue weighted by molar-refractivity contribution is 0.852. The van der Waals surface area contributed by atoms with Crippen molar-refractivity contribution in [2.24, 2.45) is 10.2 Å². The molecule has 0 atom stereocenters. The van der Waals surface area contributed by atoms with E-state index in [1.54, 1.807) is 12.1 Å². The summed E-state index contributed by atoms with van der Waals surface area (Å²) in [6.45, 7) is 1.87. The lowest BCUT2D eigenvalue weighted by Gasteiger charge is -2.01. The average molecular weight is 389 g/mol. The van der Waals surface area contributed by atoms with Crippen LogP contribution >= 0.6 is 11.6 Å². The molecule has 1 heterocycles. The first-order valence-electron chi connectivity index (χ1n) is 8.78. The van der Waals surface area contributed by atoms with Crippen LogP contribution in [0.2, 0.25) is 5.02 Å². The Labute approximate surface area is 166 Å². The van der Waals surface area contributed by atoms with Crippen molar-refractivity contribution in [3.8, 4) is 16.9 Å². The highest BCUT2D eigenvalue weighted by molar-refractivity contribution is 6.31. The van der Waals surface area contributed by atoms with Gasteiger partial charge in [0.05, 0.1) is 17.1 Å². The summed E-state index contributed by atoms with van der Waals surface area (Å²) < 4.78 is 1.47. The summed E-state index contributed by atoms with van der Waals surface area (Å²) in [6.07, 6.45) is 0. The van der Waals surface area contributed by atoms with E-state index in [0.29, 0.717) is 16.4 Å². The number of nitrogens with one attached hydrogen (secondary N) is 1. The molecule has 6 heteroatoms. The van der Waals surface area contributed by atoms with Gasteiger partial charge in [0.25, 0.3) is 5.56 Å². The number of para-hydroxylation sites is 1. The Hall–Kier alpha value is -3.44. The highest BCUT2D eigenvalue weighted by Crippen LogP contribution is 2.30. The number of azo groups is 1. The second-order valence-electron chi connectivity index (χ2n) is 6.26. The molecule has 0 saturated carbocycles. The molecule has 0 bridgehead atoms. The first-order valence-corrected chi connectivity index (χ1v) is 9.15. The van der Waals surface area contributed by atoms with Gasteiger partial charge in [0.1, 0.15) is 0 Å². The van der Waals surface area contributed by atoms with Gasteiger partial charge in [-0.1, -0.05) is 66.2 Å². The van der Waals surface area contributed by atoms with Gasteiger partial charge in [-0.15, -0.1) is 10.2 Å². The molecule has 0 spiro atoms. The molecule has 0 unspecified atom stereocenters. The molecule has 1 N–H and O–H groups in total. The van der Waals surface area contributed by atoms with E-state index in [-0.39, 0.29) is 11.2 Å². The molecular weight excluding hydrogens is 372 g/mol. The maximum absolute atomic E-state index is 13.1. The minimum absolute atomic E-state index is 0.245. The Balaban J connectivity index is 1.88. The third kappa shape index (κ3) is 3.40. The standard InChI is InChI=1S/C22H17ClN4O/c1-15-18(23)13-8-14-19(15)24-25-21-20(16-9-4-2-5-10-16)26-27(22(21)28)17-11-6-3-7-12-17/h2-14,26H,1H3. The molecular formula is C22H17ClN4O. The molecule has 0 aliphatic heterocycles. The van der Waals surface area contributed by atoms with Crippen molar-refractivity contribution >= 4 is 23.0 Å². The van der Waals surface area contributed by atoms with Crippen LogP contribution in [0.1, 0.15) is 5.56 Å². The van der Waals surface area contributed by atoms with E-state index >= 15 is 0 Å². The van der Waals surface area contributed by atoms with E-state index in [4.69, 9.17) is 11.6 Å². The quantitative estimate of drug-likeness (QED) is 0.415. The van der Waals surface area contributed by atoms with Crippen molar-refractivity contribution in [1.29, 1.82) is 0 Å². The Kier molecular flexibility index (Phi) is 4.91. The molecule has 4 rings (SSSR count). The Bertz CT molecular complexity index is 1190. The van der Waals surface area contributed by atoms with Gasteiger partial charge >= 0.3 is 0 Å². The van der Waals surface area contributed by atoms with Crippen molar-refractivity contribution < 1.29 is 0 Å². The molecule has 0 fully saturated rings. The van der Waals surface area contributed by atoms with E-state index < -0.39 is 0 Å². The van der Waals surface area contributed by atoms with Gasteiger partial charge in [-0.25, -0.2) is 4.68 Å². The van der Waals surface area contributed by atoms with Crippen LogP contribution in [0.25, 0.3) is 16.9 Å². The van der Waals surface area contributed by atoms with Crippen LogP contribution in [0.15, 0.2) is 93.9 Å². The monoisotopic (exact) mass is 388 g/mol. The van der Waals surface area contributed by atoms with Gasteiger partial charge in [0.2, 0.25) is 0 Å². The van der Waals surface area contributed by atoms with Gasteiger partial charge in [0.15, 0.2) is 5.69 Å². The molecule has 0 aliphatic carbocycles. The second kappa shape index (κ2) is 7.66. The van der Waals surface area contributed by atoms with E-state index in [9.17, 15) is 4.79 Å². The third-order valence-electron chi connectivity index (χ3n) is 4.44. The van der Waals surface area contributed by atoms with Gasteiger partial charge in [-0.05, 0) is 36.8 Å². The Morgan fingerprint density at radius 1 is 0.857 bits per heavy atom. The molecule has 3 aromatic carbocycles. The molecule has 0 aliphatic rings. The fourth-order valence-electron chi connectivity index (χ4n) is 2.89. The number of hydrogen-bond donors (Lipinski definition) is 1. The third-order valence-corrected chi connectivity index (χ3v) is 4.85. The summed E-state index contributed by atoms with van der Waals surface area (Å²) in [5, 5.41) is 12.4. The smallest absolute Gasteiger partial charge is 0.288 e. The van der Waals surface area contributed by atoms with E-state index in [0.717, 1.165) is 16.8 Å². The molecule has 5 nitrogen and oxygen atoms in total. The van der Waals surface area contributed by atoms with Gasteiger partial charge < -0.3 is 0 Å². The van der Waals surface area contributed by atoms with Gasteiger partial charge in [-0.3, -0.25) is 9.89 Å². The number of nitrogens with zero attached hydrogens (tertiary/aromatic N) is 3. The topological polar surface area (TPSA) is 62.5 Å². The number of aromatic amines is 1. The van der Waals surface area contributed by atoms with Crippen LogP contribution in [-0.2, 0) is 0 Å². The van der Waals surface area contributed by atoms with Crippen LogP contribution in [0.4, 0.5) is 11.4 Å². The van der Waals surface area contributed by atoms with Crippen molar-refractivity contribution in [2.75, 3.05) is 0 Å². The van der Waals surface area contributed by atoms with Crippen molar-refractivity contribution in [3.63, 3.8) is 0 Å². The normalized spacial score (nSPS) is 11.2. The lowest BCUT2D eigenvalue weighted by atomic mass is 10.1. The van der Waals surface area contributed by atoms with Crippen molar-refractivity contribution in [3.05, 3.63) is 99.8 Å². The fraction of sp³-hybridized carbons (Fsp3) is 0.0455. The summed E-state index contributed by atoms with van der Waals surface area (Å²) in [5.74, 6) is 0. The van der Waals surface area contributed by atoms with Gasteiger partial charge in [-0.2, -0.15) is 0 Å². The Morgan fingerprint density at radius 2 is 1.54 bits per heavy atom. The number of benzene rings is 3. The first kappa shape index (κ1) is 17.9. The number of rotatable bonds is 4. The zero-order valence-corrected chi connectivity index (χ0v) is 15.9. The molecule has 0 amide bonds. The largest absolute Gasteiger partial charge is 0.299 e. The minimum atomic E-state index is -0.270. The molecule has 1 aromatic heterocycles. The van der Waals surface area contributed by atoms with Gasteiger partial charge in [0, 0.05) is 10.6 Å². The number of hydrogen-bond acceptors (Lipinski definition) is 3. The molecule has 138 valence electrons. The van der Waals surface area contributed by atoms with E-state index in [1.807, 2.05) is 73.7 Å². The maximum Gasteiger partial charge on any atom is 0.299 e. The predicted molar refractivity (Wildman–Crippen MR) is 112 cm³/mol. The summed E-state index contributed by atoms with van der Waals surface area (Å²) in [6, 6.07) is 24.4. The summed E-state index contributed by atoms with van der Waals surface area (Å²) in [4.78, 5) is 13.1. The predicted octanol–water partition coefficient (Wildman–Crippen LogP) is 6.21. The van der Waals surface area contributed by atoms with Crippen LogP contribution in [-0.4, -0.2) is 9.78 Å². The van der Waals surface area contributed by atoms with Crippen LogP contribution in [0, 0.1) is 6.92 Å².